The Morgan fingerprint density at radius 2 is 2.21 bits per heavy atom. The van der Waals surface area contributed by atoms with Gasteiger partial charge in [0, 0.05) is 31.6 Å². The van der Waals surface area contributed by atoms with Crippen LogP contribution in [0.1, 0.15) is 43.5 Å². The zero-order chi connectivity index (χ0) is 12.7. The molecule has 4 rings (SSSR count). The van der Waals surface area contributed by atoms with Crippen LogP contribution in [0.3, 0.4) is 0 Å². The van der Waals surface area contributed by atoms with Crippen LogP contribution < -0.4 is 5.32 Å². The quantitative estimate of drug-likeness (QED) is 0.850. The van der Waals surface area contributed by atoms with Crippen LogP contribution in [0, 0.1) is 5.92 Å². The van der Waals surface area contributed by atoms with Gasteiger partial charge in [-0.1, -0.05) is 12.8 Å². The fraction of sp³-hybridized carbons (Fsp3) is 0.800. The minimum atomic E-state index is 0.594. The number of aromatic nitrogens is 2. The SMILES string of the molecule is c1nc2c([nH]1)CNC(CN1CCC3CCCCC31)C2. The molecule has 0 amide bonds. The smallest absolute Gasteiger partial charge is 0.0925 e. The number of rotatable bonds is 2. The van der Waals surface area contributed by atoms with Gasteiger partial charge in [-0.3, -0.25) is 4.90 Å². The van der Waals surface area contributed by atoms with Crippen LogP contribution in [-0.4, -0.2) is 40.0 Å². The first-order chi connectivity index (χ1) is 9.40. The molecule has 19 heavy (non-hydrogen) atoms. The van der Waals surface area contributed by atoms with Crippen molar-refractivity contribution in [3.63, 3.8) is 0 Å². The zero-order valence-corrected chi connectivity index (χ0v) is 11.6. The Bertz CT molecular complexity index is 441. The molecule has 3 aliphatic rings. The Morgan fingerprint density at radius 1 is 1.26 bits per heavy atom. The van der Waals surface area contributed by atoms with Crippen molar-refractivity contribution in [1.82, 2.24) is 20.2 Å². The summed E-state index contributed by atoms with van der Waals surface area (Å²) in [5, 5.41) is 3.67. The molecule has 1 aromatic rings. The minimum absolute atomic E-state index is 0.594. The van der Waals surface area contributed by atoms with Gasteiger partial charge in [-0.25, -0.2) is 4.98 Å². The van der Waals surface area contributed by atoms with Crippen LogP contribution in [0.2, 0.25) is 0 Å². The van der Waals surface area contributed by atoms with Crippen LogP contribution in [0.4, 0.5) is 0 Å². The van der Waals surface area contributed by atoms with Gasteiger partial charge in [0.1, 0.15) is 0 Å². The predicted octanol–water partition coefficient (Wildman–Crippen LogP) is 1.69. The molecule has 3 heterocycles. The standard InChI is InChI=1S/C15H24N4/c1-2-4-15-11(3-1)5-6-19(15)9-12-7-13-14(8-16-12)18-10-17-13/h10-12,15-16H,1-9H2,(H,17,18). The maximum atomic E-state index is 4.45. The summed E-state index contributed by atoms with van der Waals surface area (Å²) in [6.45, 7) is 3.50. The molecule has 2 N–H and O–H groups in total. The third-order valence-electron chi connectivity index (χ3n) is 5.39. The van der Waals surface area contributed by atoms with Gasteiger partial charge < -0.3 is 10.3 Å². The van der Waals surface area contributed by atoms with Crippen molar-refractivity contribution >= 4 is 0 Å². The lowest BCUT2D eigenvalue weighted by molar-refractivity contribution is 0.164. The van der Waals surface area contributed by atoms with Crippen LogP contribution in [0.25, 0.3) is 0 Å². The second-order valence-electron chi connectivity index (χ2n) is 6.51. The molecular formula is C15H24N4. The van der Waals surface area contributed by atoms with E-state index in [1.54, 1.807) is 0 Å². The van der Waals surface area contributed by atoms with Crippen LogP contribution in [0.15, 0.2) is 6.33 Å². The van der Waals surface area contributed by atoms with Gasteiger partial charge in [0.2, 0.25) is 0 Å². The molecule has 0 radical (unpaired) electrons. The first-order valence-corrected chi connectivity index (χ1v) is 7.89. The minimum Gasteiger partial charge on any atom is -0.347 e. The summed E-state index contributed by atoms with van der Waals surface area (Å²) >= 11 is 0. The first-order valence-electron chi connectivity index (χ1n) is 7.89. The molecule has 4 heteroatoms. The lowest BCUT2D eigenvalue weighted by Gasteiger charge is -2.35. The summed E-state index contributed by atoms with van der Waals surface area (Å²) in [5.41, 5.74) is 2.57. The first kappa shape index (κ1) is 11.9. The molecule has 1 saturated carbocycles. The van der Waals surface area contributed by atoms with E-state index in [1.807, 2.05) is 6.33 Å². The average molecular weight is 260 g/mol. The van der Waals surface area contributed by atoms with Gasteiger partial charge in [-0.15, -0.1) is 0 Å². The maximum Gasteiger partial charge on any atom is 0.0925 e. The molecule has 4 nitrogen and oxygen atoms in total. The topological polar surface area (TPSA) is 44.0 Å². The molecule has 3 atom stereocenters. The highest BCUT2D eigenvalue weighted by molar-refractivity contribution is 5.16. The Kier molecular flexibility index (Phi) is 3.08. The van der Waals surface area contributed by atoms with Gasteiger partial charge in [0.25, 0.3) is 0 Å². The van der Waals surface area contributed by atoms with Gasteiger partial charge in [0.15, 0.2) is 0 Å². The van der Waals surface area contributed by atoms with Crippen LogP contribution in [0.5, 0.6) is 0 Å². The zero-order valence-electron chi connectivity index (χ0n) is 11.6. The summed E-state index contributed by atoms with van der Waals surface area (Å²) in [7, 11) is 0. The fourth-order valence-corrected chi connectivity index (χ4v) is 4.37. The van der Waals surface area contributed by atoms with Crippen molar-refractivity contribution in [3.8, 4) is 0 Å². The molecule has 3 unspecified atom stereocenters. The number of hydrogen-bond donors (Lipinski definition) is 2. The number of likely N-dealkylation sites (tertiary alicyclic amines) is 1. The van der Waals surface area contributed by atoms with Crippen molar-refractivity contribution in [2.24, 2.45) is 5.92 Å². The van der Waals surface area contributed by atoms with Crippen molar-refractivity contribution < 1.29 is 0 Å². The van der Waals surface area contributed by atoms with E-state index in [-0.39, 0.29) is 0 Å². The summed E-state index contributed by atoms with van der Waals surface area (Å²) < 4.78 is 0. The second kappa shape index (κ2) is 4.91. The van der Waals surface area contributed by atoms with Crippen LogP contribution in [-0.2, 0) is 13.0 Å². The number of hydrogen-bond acceptors (Lipinski definition) is 3. The average Bonchev–Trinajstić information content (AvgIpc) is 3.06. The van der Waals surface area contributed by atoms with Gasteiger partial charge >= 0.3 is 0 Å². The second-order valence-corrected chi connectivity index (χ2v) is 6.51. The summed E-state index contributed by atoms with van der Waals surface area (Å²) in [6.07, 6.45) is 10.2. The van der Waals surface area contributed by atoms with E-state index >= 15 is 0 Å². The summed E-state index contributed by atoms with van der Waals surface area (Å²) in [4.78, 5) is 10.4. The largest absolute Gasteiger partial charge is 0.347 e. The lowest BCUT2D eigenvalue weighted by atomic mass is 9.85. The fourth-order valence-electron chi connectivity index (χ4n) is 4.37. The summed E-state index contributed by atoms with van der Waals surface area (Å²) in [6, 6.07) is 1.48. The van der Waals surface area contributed by atoms with E-state index in [0.29, 0.717) is 6.04 Å². The Labute approximate surface area is 115 Å². The van der Waals surface area contributed by atoms with Crippen LogP contribution >= 0.6 is 0 Å². The molecule has 0 aromatic carbocycles. The number of nitrogens with one attached hydrogen (secondary N) is 2. The van der Waals surface area contributed by atoms with E-state index in [9.17, 15) is 0 Å². The normalized spacial score (nSPS) is 35.1. The highest BCUT2D eigenvalue weighted by Crippen LogP contribution is 2.36. The van der Waals surface area contributed by atoms with Crippen molar-refractivity contribution in [2.45, 2.75) is 57.2 Å². The molecular weight excluding hydrogens is 236 g/mol. The number of nitrogens with zero attached hydrogens (tertiary/aromatic N) is 2. The van der Waals surface area contributed by atoms with Gasteiger partial charge in [0.05, 0.1) is 17.7 Å². The molecule has 2 fully saturated rings. The molecule has 0 spiro atoms. The van der Waals surface area contributed by atoms with E-state index in [0.717, 1.165) is 24.9 Å². The highest BCUT2D eigenvalue weighted by Gasteiger charge is 2.36. The Morgan fingerprint density at radius 3 is 3.21 bits per heavy atom. The molecule has 1 saturated heterocycles. The summed E-state index contributed by atoms with van der Waals surface area (Å²) in [5.74, 6) is 0.998. The van der Waals surface area contributed by atoms with Gasteiger partial charge in [-0.05, 0) is 31.7 Å². The Balaban J connectivity index is 1.40. The number of fused-ring (bicyclic) bond motifs is 2. The van der Waals surface area contributed by atoms with E-state index in [1.165, 1.54) is 56.6 Å². The number of aromatic amines is 1. The molecule has 104 valence electrons. The van der Waals surface area contributed by atoms with Crippen molar-refractivity contribution in [3.05, 3.63) is 17.7 Å². The van der Waals surface area contributed by atoms with E-state index < -0.39 is 0 Å². The molecule has 0 bridgehead atoms. The number of H-pyrrole nitrogens is 1. The molecule has 2 aliphatic heterocycles. The third-order valence-corrected chi connectivity index (χ3v) is 5.39. The van der Waals surface area contributed by atoms with Gasteiger partial charge in [-0.2, -0.15) is 0 Å². The maximum absolute atomic E-state index is 4.45. The van der Waals surface area contributed by atoms with E-state index in [2.05, 4.69) is 20.2 Å². The van der Waals surface area contributed by atoms with Crippen molar-refractivity contribution in [2.75, 3.05) is 13.1 Å². The van der Waals surface area contributed by atoms with E-state index in [4.69, 9.17) is 0 Å². The third kappa shape index (κ3) is 2.21. The molecule has 1 aliphatic carbocycles. The van der Waals surface area contributed by atoms with Crippen molar-refractivity contribution in [1.29, 1.82) is 0 Å². The number of imidazole rings is 1. The molecule has 1 aromatic heterocycles. The predicted molar refractivity (Wildman–Crippen MR) is 74.9 cm³/mol. The Hall–Kier alpha value is -0.870. The monoisotopic (exact) mass is 260 g/mol. The highest BCUT2D eigenvalue weighted by atomic mass is 15.2. The lowest BCUT2D eigenvalue weighted by Crippen LogP contribution is -2.47.